The average Bonchev–Trinajstić information content (AvgIpc) is 2.57. The van der Waals surface area contributed by atoms with Gasteiger partial charge in [0.05, 0.1) is 0 Å². The van der Waals surface area contributed by atoms with Crippen LogP contribution in [-0.2, 0) is 10.5 Å². The molecule has 0 radical (unpaired) electrons. The molecule has 3 nitrogen and oxygen atoms in total. The molecule has 0 bridgehead atoms. The summed E-state index contributed by atoms with van der Waals surface area (Å²) in [5.41, 5.74) is 1.04. The van der Waals surface area contributed by atoms with Crippen molar-refractivity contribution in [3.8, 4) is 0 Å². The van der Waals surface area contributed by atoms with Crippen LogP contribution in [0.5, 0.6) is 0 Å². The number of aliphatic imine (C=N–C) groups is 1. The van der Waals surface area contributed by atoms with Crippen LogP contribution in [0.1, 0.15) is 26.3 Å². The number of carbonyl (C=O) groups excluding carboxylic acids is 1. The van der Waals surface area contributed by atoms with Crippen LogP contribution in [0.15, 0.2) is 35.3 Å². The van der Waals surface area contributed by atoms with Gasteiger partial charge in [0, 0.05) is 5.92 Å². The number of nitrogens with zero attached hydrogens (tertiary/aromatic N) is 1. The topological polar surface area (TPSA) is 41.5 Å². The van der Waals surface area contributed by atoms with E-state index in [0.717, 1.165) is 5.56 Å². The highest BCUT2D eigenvalue weighted by atomic mass is 16.2. The number of rotatable bonds is 2. The van der Waals surface area contributed by atoms with E-state index in [1.807, 2.05) is 51.1 Å². The van der Waals surface area contributed by atoms with Crippen LogP contribution in [0.2, 0.25) is 0 Å². The highest BCUT2D eigenvalue weighted by Gasteiger charge is 2.37. The zero-order valence-corrected chi connectivity index (χ0v) is 9.82. The molecule has 1 N–H and O–H groups in total. The Bertz CT molecular complexity index is 437. The van der Waals surface area contributed by atoms with Crippen molar-refractivity contribution in [1.29, 1.82) is 0 Å². The van der Waals surface area contributed by atoms with Crippen LogP contribution in [0.25, 0.3) is 0 Å². The second-order valence-electron chi connectivity index (χ2n) is 4.54. The SMILES string of the molecule is CC(C)C1=N[C@@](C)(c2ccccc2)NC1=O. The predicted molar refractivity (Wildman–Crippen MR) is 64.2 cm³/mol. The van der Waals surface area contributed by atoms with E-state index in [9.17, 15) is 4.79 Å². The Morgan fingerprint density at radius 3 is 2.38 bits per heavy atom. The highest BCUT2D eigenvalue weighted by molar-refractivity contribution is 6.41. The third kappa shape index (κ3) is 1.73. The summed E-state index contributed by atoms with van der Waals surface area (Å²) in [6.45, 7) is 5.89. The fourth-order valence-electron chi connectivity index (χ4n) is 1.90. The van der Waals surface area contributed by atoms with Gasteiger partial charge in [-0.05, 0) is 12.5 Å². The Kier molecular flexibility index (Phi) is 2.54. The van der Waals surface area contributed by atoms with Crippen LogP contribution >= 0.6 is 0 Å². The number of hydrogen-bond donors (Lipinski definition) is 1. The summed E-state index contributed by atoms with van der Waals surface area (Å²) < 4.78 is 0. The first-order chi connectivity index (χ1) is 7.53. The van der Waals surface area contributed by atoms with Crippen molar-refractivity contribution in [2.24, 2.45) is 10.9 Å². The van der Waals surface area contributed by atoms with Crippen LogP contribution < -0.4 is 5.32 Å². The first-order valence-electron chi connectivity index (χ1n) is 5.51. The quantitative estimate of drug-likeness (QED) is 0.808. The van der Waals surface area contributed by atoms with Crippen molar-refractivity contribution in [2.75, 3.05) is 0 Å². The Morgan fingerprint density at radius 1 is 1.25 bits per heavy atom. The maximum absolute atomic E-state index is 11.8. The van der Waals surface area contributed by atoms with E-state index in [1.165, 1.54) is 0 Å². The number of hydrogen-bond acceptors (Lipinski definition) is 2. The lowest BCUT2D eigenvalue weighted by Gasteiger charge is -2.21. The number of benzene rings is 1. The molecular weight excluding hydrogens is 200 g/mol. The molecule has 1 aliphatic rings. The third-order valence-corrected chi connectivity index (χ3v) is 2.82. The molecule has 1 aromatic rings. The first-order valence-corrected chi connectivity index (χ1v) is 5.51. The van der Waals surface area contributed by atoms with Crippen molar-refractivity contribution < 1.29 is 4.79 Å². The molecule has 0 spiro atoms. The molecule has 1 heterocycles. The van der Waals surface area contributed by atoms with E-state index in [0.29, 0.717) is 5.71 Å². The minimum Gasteiger partial charge on any atom is -0.323 e. The Morgan fingerprint density at radius 2 is 1.88 bits per heavy atom. The lowest BCUT2D eigenvalue weighted by molar-refractivity contribution is -0.115. The van der Waals surface area contributed by atoms with Gasteiger partial charge >= 0.3 is 0 Å². The van der Waals surface area contributed by atoms with Crippen molar-refractivity contribution in [1.82, 2.24) is 5.32 Å². The van der Waals surface area contributed by atoms with E-state index in [2.05, 4.69) is 10.3 Å². The minimum absolute atomic E-state index is 0.0543. The van der Waals surface area contributed by atoms with Gasteiger partial charge in [0.1, 0.15) is 5.71 Å². The maximum Gasteiger partial charge on any atom is 0.267 e. The molecular formula is C13H16N2O. The Hall–Kier alpha value is -1.64. The highest BCUT2D eigenvalue weighted by Crippen LogP contribution is 2.27. The monoisotopic (exact) mass is 216 g/mol. The van der Waals surface area contributed by atoms with Gasteiger partial charge in [0.25, 0.3) is 5.91 Å². The van der Waals surface area contributed by atoms with Crippen LogP contribution in [0.4, 0.5) is 0 Å². The molecule has 1 aromatic carbocycles. The molecule has 0 saturated carbocycles. The summed E-state index contributed by atoms with van der Waals surface area (Å²) in [6, 6.07) is 9.82. The zero-order valence-electron chi connectivity index (χ0n) is 9.82. The van der Waals surface area contributed by atoms with Gasteiger partial charge in [-0.1, -0.05) is 44.2 Å². The van der Waals surface area contributed by atoms with Crippen LogP contribution in [-0.4, -0.2) is 11.6 Å². The summed E-state index contributed by atoms with van der Waals surface area (Å²) in [5.74, 6) is 0.104. The average molecular weight is 216 g/mol. The standard InChI is InChI=1S/C13H16N2O/c1-9(2)11-12(16)15-13(3,14-11)10-7-5-4-6-8-10/h4-9H,1-3H3,(H,15,16)/t13-/m1/s1. The lowest BCUT2D eigenvalue weighted by Crippen LogP contribution is -2.37. The Balaban J connectivity index is 2.40. The number of nitrogens with one attached hydrogen (secondary N) is 1. The molecule has 0 unspecified atom stereocenters. The Labute approximate surface area is 95.6 Å². The van der Waals surface area contributed by atoms with Crippen molar-refractivity contribution in [3.63, 3.8) is 0 Å². The van der Waals surface area contributed by atoms with Crippen molar-refractivity contribution in [2.45, 2.75) is 26.4 Å². The maximum atomic E-state index is 11.8. The van der Waals surface area contributed by atoms with Gasteiger partial charge in [0.15, 0.2) is 5.66 Å². The molecule has 3 heteroatoms. The molecule has 16 heavy (non-hydrogen) atoms. The minimum atomic E-state index is -0.599. The van der Waals surface area contributed by atoms with Crippen LogP contribution in [0.3, 0.4) is 0 Å². The summed E-state index contributed by atoms with van der Waals surface area (Å²) >= 11 is 0. The molecule has 1 aliphatic heterocycles. The number of amides is 1. The second kappa shape index (κ2) is 3.74. The lowest BCUT2D eigenvalue weighted by atomic mass is 10.0. The van der Waals surface area contributed by atoms with E-state index in [4.69, 9.17) is 0 Å². The van der Waals surface area contributed by atoms with Gasteiger partial charge in [-0.3, -0.25) is 9.79 Å². The fraction of sp³-hybridized carbons (Fsp3) is 0.385. The number of carbonyl (C=O) groups is 1. The fourth-order valence-corrected chi connectivity index (χ4v) is 1.90. The predicted octanol–water partition coefficient (Wildman–Crippen LogP) is 2.09. The van der Waals surface area contributed by atoms with Gasteiger partial charge in [-0.15, -0.1) is 0 Å². The van der Waals surface area contributed by atoms with Gasteiger partial charge < -0.3 is 5.32 Å². The van der Waals surface area contributed by atoms with Crippen molar-refractivity contribution in [3.05, 3.63) is 35.9 Å². The van der Waals surface area contributed by atoms with E-state index in [1.54, 1.807) is 0 Å². The third-order valence-electron chi connectivity index (χ3n) is 2.82. The molecule has 0 aromatic heterocycles. The largest absolute Gasteiger partial charge is 0.323 e. The molecule has 1 atom stereocenters. The molecule has 84 valence electrons. The first kappa shape index (κ1) is 10.9. The second-order valence-corrected chi connectivity index (χ2v) is 4.54. The van der Waals surface area contributed by atoms with Crippen molar-refractivity contribution >= 4 is 11.6 Å². The molecule has 0 saturated heterocycles. The molecule has 1 amide bonds. The molecule has 0 aliphatic carbocycles. The molecule has 2 rings (SSSR count). The summed E-state index contributed by atoms with van der Waals surface area (Å²) in [4.78, 5) is 16.3. The van der Waals surface area contributed by atoms with E-state index < -0.39 is 5.66 Å². The van der Waals surface area contributed by atoms with E-state index >= 15 is 0 Å². The summed E-state index contributed by atoms with van der Waals surface area (Å²) in [7, 11) is 0. The van der Waals surface area contributed by atoms with Gasteiger partial charge in [-0.2, -0.15) is 0 Å². The van der Waals surface area contributed by atoms with E-state index in [-0.39, 0.29) is 11.8 Å². The van der Waals surface area contributed by atoms with Gasteiger partial charge in [0.2, 0.25) is 0 Å². The van der Waals surface area contributed by atoms with Crippen LogP contribution in [0, 0.1) is 5.92 Å². The van der Waals surface area contributed by atoms with Gasteiger partial charge in [-0.25, -0.2) is 0 Å². The smallest absolute Gasteiger partial charge is 0.267 e. The normalized spacial score (nSPS) is 24.5. The summed E-state index contributed by atoms with van der Waals surface area (Å²) in [6.07, 6.45) is 0. The zero-order chi connectivity index (χ0) is 11.8. The molecule has 0 fully saturated rings. The summed E-state index contributed by atoms with van der Waals surface area (Å²) in [5, 5.41) is 2.94.